The van der Waals surface area contributed by atoms with Crippen LogP contribution in [0.25, 0.3) is 0 Å². The zero-order valence-electron chi connectivity index (χ0n) is 14.0. The van der Waals surface area contributed by atoms with E-state index in [-0.39, 0.29) is 29.9 Å². The quantitative estimate of drug-likeness (QED) is 0.782. The summed E-state index contributed by atoms with van der Waals surface area (Å²) < 4.78 is 5.80. The standard InChI is InChI=1S/C17H22N4O4/c22-16(21-6-1-2-7-25-21)12-9-15-14(3-8-24-15)20(11-12)17(23)13-10-18-4-5-19-13/h4-5,10,12,14-15H,1-3,6-9,11H2/t12-,14+,15+/m1/s1. The predicted octanol–water partition coefficient (Wildman–Crippen LogP) is 0.650. The molecule has 2 amide bonds. The number of aromatic nitrogens is 2. The van der Waals surface area contributed by atoms with Crippen LogP contribution < -0.4 is 0 Å². The second kappa shape index (κ2) is 7.05. The minimum absolute atomic E-state index is 0.000769. The Hall–Kier alpha value is -2.06. The molecule has 0 unspecified atom stereocenters. The summed E-state index contributed by atoms with van der Waals surface area (Å²) >= 11 is 0. The van der Waals surface area contributed by atoms with Crippen molar-refractivity contribution in [1.82, 2.24) is 19.9 Å². The van der Waals surface area contributed by atoms with E-state index < -0.39 is 0 Å². The number of likely N-dealkylation sites (tertiary alicyclic amines) is 1. The van der Waals surface area contributed by atoms with Gasteiger partial charge in [-0.3, -0.25) is 19.4 Å². The number of fused-ring (bicyclic) bond motifs is 1. The molecule has 0 aliphatic carbocycles. The molecule has 3 aliphatic rings. The molecule has 4 rings (SSSR count). The van der Waals surface area contributed by atoms with Crippen LogP contribution in [0.3, 0.4) is 0 Å². The van der Waals surface area contributed by atoms with E-state index in [2.05, 4.69) is 9.97 Å². The van der Waals surface area contributed by atoms with Gasteiger partial charge in [-0.2, -0.15) is 0 Å². The normalized spacial score (nSPS) is 29.4. The second-order valence-corrected chi connectivity index (χ2v) is 6.73. The predicted molar refractivity (Wildman–Crippen MR) is 86.2 cm³/mol. The Labute approximate surface area is 146 Å². The maximum Gasteiger partial charge on any atom is 0.274 e. The first-order valence-corrected chi connectivity index (χ1v) is 8.87. The summed E-state index contributed by atoms with van der Waals surface area (Å²) in [6.07, 6.45) is 7.74. The average Bonchev–Trinajstić information content (AvgIpc) is 3.16. The Bertz CT molecular complexity index is 635. The largest absolute Gasteiger partial charge is 0.376 e. The lowest BCUT2D eigenvalue weighted by Crippen LogP contribution is -2.55. The highest BCUT2D eigenvalue weighted by Gasteiger charge is 2.45. The van der Waals surface area contributed by atoms with Crippen molar-refractivity contribution in [1.29, 1.82) is 0 Å². The summed E-state index contributed by atoms with van der Waals surface area (Å²) in [6, 6.07) is 0.000769. The Morgan fingerprint density at radius 2 is 2.12 bits per heavy atom. The maximum absolute atomic E-state index is 12.9. The minimum atomic E-state index is -0.307. The van der Waals surface area contributed by atoms with Gasteiger partial charge in [0.05, 0.1) is 30.9 Å². The lowest BCUT2D eigenvalue weighted by Gasteiger charge is -2.41. The number of nitrogens with zero attached hydrogens (tertiary/aromatic N) is 4. The van der Waals surface area contributed by atoms with E-state index in [1.807, 2.05) is 0 Å². The van der Waals surface area contributed by atoms with Gasteiger partial charge in [0.2, 0.25) is 0 Å². The number of carbonyl (C=O) groups excluding carboxylic acids is 2. The van der Waals surface area contributed by atoms with Gasteiger partial charge in [-0.15, -0.1) is 0 Å². The molecule has 3 atom stereocenters. The minimum Gasteiger partial charge on any atom is -0.376 e. The molecular weight excluding hydrogens is 324 g/mol. The van der Waals surface area contributed by atoms with Gasteiger partial charge in [0.15, 0.2) is 0 Å². The van der Waals surface area contributed by atoms with Crippen molar-refractivity contribution in [2.75, 3.05) is 26.3 Å². The van der Waals surface area contributed by atoms with Crippen molar-refractivity contribution < 1.29 is 19.2 Å². The molecule has 3 fully saturated rings. The molecule has 25 heavy (non-hydrogen) atoms. The molecule has 0 aromatic carbocycles. The first-order valence-electron chi connectivity index (χ1n) is 8.87. The first kappa shape index (κ1) is 16.4. The van der Waals surface area contributed by atoms with Crippen LogP contribution in [0.1, 0.15) is 36.2 Å². The number of amides is 2. The molecule has 1 aromatic heterocycles. The topological polar surface area (TPSA) is 84.9 Å². The maximum atomic E-state index is 12.9. The number of hydrogen-bond acceptors (Lipinski definition) is 6. The second-order valence-electron chi connectivity index (χ2n) is 6.73. The molecule has 3 aliphatic heterocycles. The van der Waals surface area contributed by atoms with E-state index in [4.69, 9.17) is 9.57 Å². The molecule has 134 valence electrons. The van der Waals surface area contributed by atoms with Gasteiger partial charge in [-0.25, -0.2) is 10.0 Å². The molecule has 0 saturated carbocycles. The van der Waals surface area contributed by atoms with E-state index in [0.29, 0.717) is 38.4 Å². The van der Waals surface area contributed by atoms with Crippen LogP contribution >= 0.6 is 0 Å². The first-order chi connectivity index (χ1) is 12.2. The number of hydroxylamine groups is 2. The third kappa shape index (κ3) is 3.23. The Morgan fingerprint density at radius 1 is 1.20 bits per heavy atom. The number of carbonyl (C=O) groups is 2. The van der Waals surface area contributed by atoms with E-state index in [1.54, 1.807) is 4.90 Å². The van der Waals surface area contributed by atoms with Crippen molar-refractivity contribution in [3.63, 3.8) is 0 Å². The highest BCUT2D eigenvalue weighted by molar-refractivity contribution is 5.93. The lowest BCUT2D eigenvalue weighted by molar-refractivity contribution is -0.203. The molecule has 0 spiro atoms. The number of hydrogen-bond donors (Lipinski definition) is 0. The van der Waals surface area contributed by atoms with Gasteiger partial charge in [0, 0.05) is 32.1 Å². The summed E-state index contributed by atoms with van der Waals surface area (Å²) in [6.45, 7) is 2.17. The van der Waals surface area contributed by atoms with Gasteiger partial charge >= 0.3 is 0 Å². The third-order valence-electron chi connectivity index (χ3n) is 5.15. The smallest absolute Gasteiger partial charge is 0.274 e. The van der Waals surface area contributed by atoms with Gasteiger partial charge in [0.25, 0.3) is 11.8 Å². The molecule has 8 heteroatoms. The zero-order valence-corrected chi connectivity index (χ0v) is 14.0. The monoisotopic (exact) mass is 346 g/mol. The van der Waals surface area contributed by atoms with Crippen LogP contribution in [0.15, 0.2) is 18.6 Å². The molecule has 0 bridgehead atoms. The van der Waals surface area contributed by atoms with Gasteiger partial charge in [0.1, 0.15) is 5.69 Å². The van der Waals surface area contributed by atoms with E-state index in [9.17, 15) is 9.59 Å². The Balaban J connectivity index is 1.53. The molecule has 3 saturated heterocycles. The van der Waals surface area contributed by atoms with E-state index in [0.717, 1.165) is 19.3 Å². The van der Waals surface area contributed by atoms with Crippen molar-refractivity contribution in [2.45, 2.75) is 37.8 Å². The average molecular weight is 346 g/mol. The van der Waals surface area contributed by atoms with Crippen molar-refractivity contribution in [2.24, 2.45) is 5.92 Å². The molecule has 4 heterocycles. The van der Waals surface area contributed by atoms with Crippen LogP contribution in [0.5, 0.6) is 0 Å². The summed E-state index contributed by atoms with van der Waals surface area (Å²) in [5.41, 5.74) is 0.301. The highest BCUT2D eigenvalue weighted by Crippen LogP contribution is 2.33. The SMILES string of the molecule is O=C([C@@H]1C[C@@H]2OCC[C@@H]2N(C(=O)c2cnccn2)C1)N1CCCCO1. The van der Waals surface area contributed by atoms with Crippen LogP contribution in [0.2, 0.25) is 0 Å². The van der Waals surface area contributed by atoms with Crippen molar-refractivity contribution >= 4 is 11.8 Å². The van der Waals surface area contributed by atoms with Crippen LogP contribution in [0.4, 0.5) is 0 Å². The molecular formula is C17H22N4O4. The van der Waals surface area contributed by atoms with Gasteiger partial charge in [-0.05, 0) is 25.7 Å². The van der Waals surface area contributed by atoms with Gasteiger partial charge in [-0.1, -0.05) is 0 Å². The van der Waals surface area contributed by atoms with E-state index in [1.165, 1.54) is 23.7 Å². The van der Waals surface area contributed by atoms with E-state index >= 15 is 0 Å². The van der Waals surface area contributed by atoms with Gasteiger partial charge < -0.3 is 9.64 Å². The molecule has 0 radical (unpaired) electrons. The number of piperidine rings is 1. The fourth-order valence-electron chi connectivity index (χ4n) is 3.89. The van der Waals surface area contributed by atoms with Crippen LogP contribution in [0, 0.1) is 5.92 Å². The summed E-state index contributed by atoms with van der Waals surface area (Å²) in [5.74, 6) is -0.547. The zero-order chi connectivity index (χ0) is 17.2. The number of rotatable bonds is 2. The number of ether oxygens (including phenoxy) is 1. The molecule has 8 nitrogen and oxygen atoms in total. The van der Waals surface area contributed by atoms with Crippen LogP contribution in [-0.2, 0) is 14.4 Å². The highest BCUT2D eigenvalue weighted by atomic mass is 16.7. The fourth-order valence-corrected chi connectivity index (χ4v) is 3.89. The summed E-state index contributed by atoms with van der Waals surface area (Å²) in [7, 11) is 0. The lowest BCUT2D eigenvalue weighted by atomic mass is 9.89. The fraction of sp³-hybridized carbons (Fsp3) is 0.647. The summed E-state index contributed by atoms with van der Waals surface area (Å²) in [5, 5.41) is 1.47. The van der Waals surface area contributed by atoms with Crippen molar-refractivity contribution in [3.8, 4) is 0 Å². The Kier molecular flexibility index (Phi) is 4.63. The molecule has 1 aromatic rings. The third-order valence-corrected chi connectivity index (χ3v) is 5.15. The summed E-state index contributed by atoms with van der Waals surface area (Å²) in [4.78, 5) is 41.1. The Morgan fingerprint density at radius 3 is 2.88 bits per heavy atom. The van der Waals surface area contributed by atoms with Crippen LogP contribution in [-0.4, -0.2) is 70.2 Å². The molecule has 0 N–H and O–H groups in total. The van der Waals surface area contributed by atoms with Crippen molar-refractivity contribution in [3.05, 3.63) is 24.3 Å².